The Kier molecular flexibility index (Phi) is 3.65. The highest BCUT2D eigenvalue weighted by molar-refractivity contribution is 9.10. The maximum atomic E-state index is 9.91. The average Bonchev–Trinajstić information content (AvgIpc) is 3.03. The molecule has 4 nitrogen and oxygen atoms in total. The van der Waals surface area contributed by atoms with Crippen molar-refractivity contribution in [2.24, 2.45) is 0 Å². The topological polar surface area (TPSA) is 59.2 Å². The summed E-state index contributed by atoms with van der Waals surface area (Å²) in [5.41, 5.74) is 3.24. The predicted molar refractivity (Wildman–Crippen MR) is 79.5 cm³/mol. The second-order valence-corrected chi connectivity index (χ2v) is 6.28. The molecule has 5 heteroatoms. The maximum Gasteiger partial charge on any atom is 0.232 e. The summed E-state index contributed by atoms with van der Waals surface area (Å²) in [6.07, 6.45) is 2.40. The minimum Gasteiger partial charge on any atom is -0.392 e. The fraction of sp³-hybridized carbons (Fsp3) is 0.467. The molecule has 2 aromatic rings. The minimum atomic E-state index is -0.350. The van der Waals surface area contributed by atoms with Crippen LogP contribution in [0.3, 0.4) is 0 Å². The Morgan fingerprint density at radius 2 is 1.95 bits per heavy atom. The number of aliphatic hydroxyl groups is 1. The highest BCUT2D eigenvalue weighted by Gasteiger charge is 2.31. The van der Waals surface area contributed by atoms with E-state index in [0.29, 0.717) is 11.7 Å². The van der Waals surface area contributed by atoms with Crippen LogP contribution in [0.25, 0.3) is 11.4 Å². The van der Waals surface area contributed by atoms with Gasteiger partial charge in [0.15, 0.2) is 0 Å². The average molecular weight is 337 g/mol. The number of hydrogen-bond acceptors (Lipinski definition) is 4. The van der Waals surface area contributed by atoms with E-state index in [-0.39, 0.29) is 12.0 Å². The molecule has 0 spiro atoms. The monoisotopic (exact) mass is 336 g/mol. The fourth-order valence-corrected chi connectivity index (χ4v) is 3.04. The van der Waals surface area contributed by atoms with Crippen molar-refractivity contribution in [3.05, 3.63) is 33.6 Å². The van der Waals surface area contributed by atoms with Crippen LogP contribution in [-0.4, -0.2) is 21.4 Å². The van der Waals surface area contributed by atoms with Gasteiger partial charge in [-0.15, -0.1) is 0 Å². The van der Waals surface area contributed by atoms with E-state index in [2.05, 4.69) is 26.1 Å². The smallest absolute Gasteiger partial charge is 0.232 e. The summed E-state index contributed by atoms with van der Waals surface area (Å²) in [4.78, 5) is 4.47. The molecule has 1 fully saturated rings. The van der Waals surface area contributed by atoms with Crippen LogP contribution in [0, 0.1) is 13.8 Å². The molecule has 1 heterocycles. The quantitative estimate of drug-likeness (QED) is 0.907. The molecular formula is C15H17BrN2O2. The summed E-state index contributed by atoms with van der Waals surface area (Å²) >= 11 is 3.56. The van der Waals surface area contributed by atoms with Gasteiger partial charge in [0.1, 0.15) is 0 Å². The van der Waals surface area contributed by atoms with Gasteiger partial charge in [-0.1, -0.05) is 21.1 Å². The highest BCUT2D eigenvalue weighted by atomic mass is 79.9. The Morgan fingerprint density at radius 1 is 1.25 bits per heavy atom. The van der Waals surface area contributed by atoms with Crippen LogP contribution in [0.1, 0.15) is 42.2 Å². The number of hydrogen-bond donors (Lipinski definition) is 1. The van der Waals surface area contributed by atoms with Crippen molar-refractivity contribution in [1.29, 1.82) is 0 Å². The van der Waals surface area contributed by atoms with Crippen LogP contribution >= 0.6 is 15.9 Å². The largest absolute Gasteiger partial charge is 0.392 e. The van der Waals surface area contributed by atoms with Gasteiger partial charge in [0.25, 0.3) is 0 Å². The lowest BCUT2D eigenvalue weighted by molar-refractivity contribution is 0.148. The Hall–Kier alpha value is -1.20. The normalized spacial score (nSPS) is 22.4. The van der Waals surface area contributed by atoms with Crippen LogP contribution in [0.4, 0.5) is 0 Å². The number of benzene rings is 1. The molecule has 1 saturated carbocycles. The summed E-state index contributed by atoms with van der Waals surface area (Å²) in [6.45, 7) is 4.09. The first kappa shape index (κ1) is 13.8. The van der Waals surface area contributed by atoms with E-state index in [1.807, 2.05) is 26.0 Å². The minimum absolute atomic E-state index is 0.00566. The summed E-state index contributed by atoms with van der Waals surface area (Å²) in [5, 5.41) is 14.0. The molecule has 0 radical (unpaired) electrons. The van der Waals surface area contributed by atoms with Crippen molar-refractivity contribution in [2.45, 2.75) is 45.1 Å². The van der Waals surface area contributed by atoms with Gasteiger partial charge in [-0.05, 0) is 56.4 Å². The summed E-state index contributed by atoms with van der Waals surface area (Å²) in [7, 11) is 0. The lowest BCUT2D eigenvalue weighted by atomic mass is 10.1. The third kappa shape index (κ3) is 2.40. The maximum absolute atomic E-state index is 9.91. The molecule has 1 N–H and O–H groups in total. The molecule has 1 aromatic carbocycles. The Bertz CT molecular complexity index is 616. The van der Waals surface area contributed by atoms with Gasteiger partial charge in [-0.2, -0.15) is 4.98 Å². The van der Waals surface area contributed by atoms with E-state index in [1.165, 1.54) is 0 Å². The first-order valence-corrected chi connectivity index (χ1v) is 7.64. The van der Waals surface area contributed by atoms with Gasteiger partial charge in [-0.25, -0.2) is 0 Å². The SMILES string of the molecule is Cc1cc(-c2noc(C3CCCC3O)n2)cc(C)c1Br. The number of rotatable bonds is 2. The number of halogens is 1. The van der Waals surface area contributed by atoms with E-state index in [1.54, 1.807) is 0 Å². The lowest BCUT2D eigenvalue weighted by Gasteiger charge is -2.08. The third-order valence-electron chi connectivity index (χ3n) is 3.93. The summed E-state index contributed by atoms with van der Waals surface area (Å²) in [6, 6.07) is 4.08. The zero-order valence-electron chi connectivity index (χ0n) is 11.6. The van der Waals surface area contributed by atoms with Crippen molar-refractivity contribution in [3.63, 3.8) is 0 Å². The Morgan fingerprint density at radius 3 is 2.55 bits per heavy atom. The van der Waals surface area contributed by atoms with Gasteiger partial charge in [0, 0.05) is 10.0 Å². The van der Waals surface area contributed by atoms with E-state index in [4.69, 9.17) is 4.52 Å². The van der Waals surface area contributed by atoms with E-state index in [0.717, 1.165) is 40.4 Å². The standard InChI is InChI=1S/C15H17BrN2O2/c1-8-6-10(7-9(2)13(8)16)14-17-15(20-18-14)11-4-3-5-12(11)19/h6-7,11-12,19H,3-5H2,1-2H3. The van der Waals surface area contributed by atoms with Crippen LogP contribution in [0.2, 0.25) is 0 Å². The van der Waals surface area contributed by atoms with Gasteiger partial charge in [0.2, 0.25) is 11.7 Å². The van der Waals surface area contributed by atoms with Crippen LogP contribution in [0.5, 0.6) is 0 Å². The van der Waals surface area contributed by atoms with Gasteiger partial charge >= 0.3 is 0 Å². The lowest BCUT2D eigenvalue weighted by Crippen LogP contribution is -2.11. The molecule has 1 aromatic heterocycles. The van der Waals surface area contributed by atoms with Gasteiger partial charge < -0.3 is 9.63 Å². The molecule has 2 atom stereocenters. The second kappa shape index (κ2) is 5.30. The third-order valence-corrected chi connectivity index (χ3v) is 5.18. The summed E-state index contributed by atoms with van der Waals surface area (Å²) in [5.74, 6) is 1.15. The number of nitrogens with zero attached hydrogens (tertiary/aromatic N) is 2. The fourth-order valence-electron chi connectivity index (χ4n) is 2.81. The van der Waals surface area contributed by atoms with Gasteiger partial charge in [0.05, 0.1) is 12.0 Å². The zero-order chi connectivity index (χ0) is 14.3. The van der Waals surface area contributed by atoms with Crippen LogP contribution in [0.15, 0.2) is 21.1 Å². The molecule has 0 amide bonds. The molecule has 3 rings (SSSR count). The summed E-state index contributed by atoms with van der Waals surface area (Å²) < 4.78 is 6.46. The van der Waals surface area contributed by atoms with E-state index in [9.17, 15) is 5.11 Å². The second-order valence-electron chi connectivity index (χ2n) is 5.48. The van der Waals surface area contributed by atoms with Crippen molar-refractivity contribution in [1.82, 2.24) is 10.1 Å². The van der Waals surface area contributed by atoms with Crippen molar-refractivity contribution < 1.29 is 9.63 Å². The van der Waals surface area contributed by atoms with E-state index >= 15 is 0 Å². The van der Waals surface area contributed by atoms with Crippen molar-refractivity contribution in [2.75, 3.05) is 0 Å². The highest BCUT2D eigenvalue weighted by Crippen LogP contribution is 2.35. The molecule has 20 heavy (non-hydrogen) atoms. The molecule has 2 unspecified atom stereocenters. The van der Waals surface area contributed by atoms with Crippen LogP contribution in [-0.2, 0) is 0 Å². The number of aromatic nitrogens is 2. The molecule has 0 bridgehead atoms. The molecule has 1 aliphatic carbocycles. The van der Waals surface area contributed by atoms with Crippen molar-refractivity contribution >= 4 is 15.9 Å². The first-order chi connectivity index (χ1) is 9.56. The molecule has 1 aliphatic rings. The first-order valence-electron chi connectivity index (χ1n) is 6.85. The van der Waals surface area contributed by atoms with Gasteiger partial charge in [-0.3, -0.25) is 0 Å². The molecular weight excluding hydrogens is 320 g/mol. The van der Waals surface area contributed by atoms with E-state index < -0.39 is 0 Å². The molecule has 0 saturated heterocycles. The van der Waals surface area contributed by atoms with Crippen LogP contribution < -0.4 is 0 Å². The molecule has 106 valence electrons. The number of aliphatic hydroxyl groups excluding tert-OH is 1. The number of aryl methyl sites for hydroxylation is 2. The predicted octanol–water partition coefficient (Wildman–Crippen LogP) is 3.74. The Balaban J connectivity index is 1.94. The molecule has 0 aliphatic heterocycles. The Labute approximate surface area is 126 Å². The van der Waals surface area contributed by atoms with Crippen molar-refractivity contribution in [3.8, 4) is 11.4 Å². The zero-order valence-corrected chi connectivity index (χ0v) is 13.1.